The lowest BCUT2D eigenvalue weighted by Crippen LogP contribution is -2.43. The van der Waals surface area contributed by atoms with Gasteiger partial charge in [-0.3, -0.25) is 19.7 Å². The molecule has 1 aliphatic rings. The van der Waals surface area contributed by atoms with Crippen molar-refractivity contribution < 1.29 is 9.59 Å². The first-order valence-electron chi connectivity index (χ1n) is 10.6. The zero-order chi connectivity index (χ0) is 21.8. The quantitative estimate of drug-likeness (QED) is 0.665. The Morgan fingerprint density at radius 1 is 1.10 bits per heavy atom. The minimum Gasteiger partial charge on any atom is -0.349 e. The summed E-state index contributed by atoms with van der Waals surface area (Å²) in [4.78, 5) is 31.4. The molecule has 0 bridgehead atoms. The fourth-order valence-electron chi connectivity index (χ4n) is 3.89. The van der Waals surface area contributed by atoms with E-state index in [2.05, 4.69) is 32.6 Å². The van der Waals surface area contributed by atoms with Gasteiger partial charge in [0.15, 0.2) is 0 Å². The highest BCUT2D eigenvalue weighted by Gasteiger charge is 2.29. The van der Waals surface area contributed by atoms with Gasteiger partial charge in [-0.2, -0.15) is 5.10 Å². The molecule has 3 aromatic rings. The summed E-state index contributed by atoms with van der Waals surface area (Å²) < 4.78 is 0. The van der Waals surface area contributed by atoms with Crippen LogP contribution in [0.3, 0.4) is 0 Å². The summed E-state index contributed by atoms with van der Waals surface area (Å²) >= 11 is 0. The highest BCUT2D eigenvalue weighted by molar-refractivity contribution is 5.93. The Hall–Kier alpha value is -3.48. The van der Waals surface area contributed by atoms with E-state index in [0.717, 1.165) is 11.1 Å². The van der Waals surface area contributed by atoms with E-state index in [1.165, 1.54) is 5.56 Å². The molecule has 7 heteroatoms. The summed E-state index contributed by atoms with van der Waals surface area (Å²) in [6.07, 6.45) is 4.70. The number of amides is 2. The first-order valence-corrected chi connectivity index (χ1v) is 10.6. The highest BCUT2D eigenvalue weighted by atomic mass is 16.2. The zero-order valence-corrected chi connectivity index (χ0v) is 17.8. The molecule has 1 fully saturated rings. The molecule has 1 aliphatic heterocycles. The predicted molar refractivity (Wildman–Crippen MR) is 118 cm³/mol. The van der Waals surface area contributed by atoms with Crippen molar-refractivity contribution >= 4 is 11.8 Å². The molecule has 3 heterocycles. The van der Waals surface area contributed by atoms with Crippen molar-refractivity contribution in [1.82, 2.24) is 25.4 Å². The lowest BCUT2D eigenvalue weighted by Gasteiger charge is -2.31. The molecule has 0 aliphatic carbocycles. The highest BCUT2D eigenvalue weighted by Crippen LogP contribution is 2.22. The van der Waals surface area contributed by atoms with Crippen molar-refractivity contribution in [3.05, 3.63) is 71.7 Å². The summed E-state index contributed by atoms with van der Waals surface area (Å²) in [5.74, 6) is -0.104. The lowest BCUT2D eigenvalue weighted by atomic mass is 9.95. The maximum Gasteiger partial charge on any atom is 0.271 e. The summed E-state index contributed by atoms with van der Waals surface area (Å²) in [5, 5.41) is 10.2. The molecule has 7 nitrogen and oxygen atoms in total. The number of aromatic amines is 1. The number of H-pyrrole nitrogens is 1. The van der Waals surface area contributed by atoms with Gasteiger partial charge in [0.1, 0.15) is 5.69 Å². The van der Waals surface area contributed by atoms with E-state index in [-0.39, 0.29) is 23.8 Å². The number of benzene rings is 1. The number of carbonyl (C=O) groups is 2. The van der Waals surface area contributed by atoms with Crippen LogP contribution >= 0.6 is 0 Å². The molecule has 0 radical (unpaired) electrons. The summed E-state index contributed by atoms with van der Waals surface area (Å²) in [5.41, 5.74) is 4.37. The minimum atomic E-state index is -0.0836. The smallest absolute Gasteiger partial charge is 0.271 e. The Balaban J connectivity index is 1.31. The van der Waals surface area contributed by atoms with Gasteiger partial charge in [0.2, 0.25) is 5.91 Å². The van der Waals surface area contributed by atoms with Crippen LogP contribution in [0.15, 0.2) is 54.9 Å². The normalized spacial score (nSPS) is 15.5. The molecular weight excluding hydrogens is 390 g/mol. The molecular formula is C24H27N5O2. The second kappa shape index (κ2) is 9.12. The lowest BCUT2D eigenvalue weighted by molar-refractivity contribution is -0.127. The molecule has 160 valence electrons. The van der Waals surface area contributed by atoms with Gasteiger partial charge in [-0.05, 0) is 50.5 Å². The zero-order valence-electron chi connectivity index (χ0n) is 17.8. The molecule has 0 saturated carbocycles. The SMILES string of the molecule is Cc1ccc([C@H](C)NC(=O)C2CCN(C(=O)c3cc(-c4ccncc4)n[nH]3)CC2)cc1. The second-order valence-electron chi connectivity index (χ2n) is 8.11. The predicted octanol–water partition coefficient (Wildman–Crippen LogP) is 3.51. The molecule has 4 rings (SSSR count). The van der Waals surface area contributed by atoms with Gasteiger partial charge in [-0.15, -0.1) is 0 Å². The van der Waals surface area contributed by atoms with Gasteiger partial charge in [-0.1, -0.05) is 29.8 Å². The van der Waals surface area contributed by atoms with Gasteiger partial charge in [-0.25, -0.2) is 0 Å². The van der Waals surface area contributed by atoms with Gasteiger partial charge < -0.3 is 10.2 Å². The minimum absolute atomic E-state index is 0.0376. The van der Waals surface area contributed by atoms with Crippen LogP contribution < -0.4 is 5.32 Å². The van der Waals surface area contributed by atoms with Crippen LogP contribution in [0.5, 0.6) is 0 Å². The number of nitrogens with zero attached hydrogens (tertiary/aromatic N) is 3. The monoisotopic (exact) mass is 417 g/mol. The molecule has 0 unspecified atom stereocenters. The van der Waals surface area contributed by atoms with Crippen molar-refractivity contribution in [1.29, 1.82) is 0 Å². The van der Waals surface area contributed by atoms with Gasteiger partial charge >= 0.3 is 0 Å². The summed E-state index contributed by atoms with van der Waals surface area (Å²) in [6, 6.07) is 13.6. The molecule has 2 N–H and O–H groups in total. The summed E-state index contributed by atoms with van der Waals surface area (Å²) in [7, 11) is 0. The van der Waals surface area contributed by atoms with E-state index in [1.54, 1.807) is 23.4 Å². The van der Waals surface area contributed by atoms with Crippen LogP contribution in [-0.2, 0) is 4.79 Å². The van der Waals surface area contributed by atoms with Crippen molar-refractivity contribution in [2.24, 2.45) is 5.92 Å². The van der Waals surface area contributed by atoms with E-state index in [4.69, 9.17) is 0 Å². The van der Waals surface area contributed by atoms with Crippen LogP contribution in [0.1, 0.15) is 47.4 Å². The number of pyridine rings is 1. The van der Waals surface area contributed by atoms with Crippen LogP contribution in [0.25, 0.3) is 11.3 Å². The molecule has 31 heavy (non-hydrogen) atoms. The number of rotatable bonds is 5. The maximum absolute atomic E-state index is 12.9. The third kappa shape index (κ3) is 4.82. The van der Waals surface area contributed by atoms with Gasteiger partial charge in [0.25, 0.3) is 5.91 Å². The maximum atomic E-state index is 12.9. The molecule has 1 aromatic carbocycles. The number of likely N-dealkylation sites (tertiary alicyclic amines) is 1. The Bertz CT molecular complexity index is 1040. The van der Waals surface area contributed by atoms with E-state index in [0.29, 0.717) is 37.3 Å². The Morgan fingerprint density at radius 3 is 2.45 bits per heavy atom. The second-order valence-corrected chi connectivity index (χ2v) is 8.11. The number of nitrogens with one attached hydrogen (secondary N) is 2. The number of piperidine rings is 1. The fraction of sp³-hybridized carbons (Fsp3) is 0.333. The third-order valence-electron chi connectivity index (χ3n) is 5.87. The fourth-order valence-corrected chi connectivity index (χ4v) is 3.89. The average molecular weight is 418 g/mol. The number of hydrogen-bond donors (Lipinski definition) is 2. The molecule has 0 spiro atoms. The average Bonchev–Trinajstić information content (AvgIpc) is 3.30. The van der Waals surface area contributed by atoms with Crippen LogP contribution in [0, 0.1) is 12.8 Å². The van der Waals surface area contributed by atoms with Crippen molar-refractivity contribution in [3.8, 4) is 11.3 Å². The van der Waals surface area contributed by atoms with Gasteiger partial charge in [0.05, 0.1) is 11.7 Å². The number of carbonyl (C=O) groups excluding carboxylic acids is 2. The van der Waals surface area contributed by atoms with Crippen molar-refractivity contribution in [3.63, 3.8) is 0 Å². The standard InChI is InChI=1S/C24H27N5O2/c1-16-3-5-18(6-4-16)17(2)26-23(30)20-9-13-29(14-10-20)24(31)22-15-21(27-28-22)19-7-11-25-12-8-19/h3-8,11-12,15,17,20H,9-10,13-14H2,1-2H3,(H,26,30)(H,27,28)/t17-/m0/s1. The van der Waals surface area contributed by atoms with E-state index < -0.39 is 0 Å². The van der Waals surface area contributed by atoms with Crippen LogP contribution in [0.2, 0.25) is 0 Å². The first kappa shape index (κ1) is 20.8. The van der Waals surface area contributed by atoms with Crippen LogP contribution in [-0.4, -0.2) is 45.0 Å². The topological polar surface area (TPSA) is 91.0 Å². The van der Waals surface area contributed by atoms with Crippen molar-refractivity contribution in [2.75, 3.05) is 13.1 Å². The van der Waals surface area contributed by atoms with Crippen molar-refractivity contribution in [2.45, 2.75) is 32.7 Å². The molecule has 1 saturated heterocycles. The first-order chi connectivity index (χ1) is 15.0. The summed E-state index contributed by atoms with van der Waals surface area (Å²) in [6.45, 7) is 5.16. The molecule has 2 amide bonds. The Morgan fingerprint density at radius 2 is 1.77 bits per heavy atom. The van der Waals surface area contributed by atoms with E-state index in [9.17, 15) is 9.59 Å². The third-order valence-corrected chi connectivity index (χ3v) is 5.87. The Labute approximate surface area is 181 Å². The largest absolute Gasteiger partial charge is 0.349 e. The number of hydrogen-bond acceptors (Lipinski definition) is 4. The van der Waals surface area contributed by atoms with Gasteiger partial charge in [0, 0.05) is 37.0 Å². The van der Waals surface area contributed by atoms with E-state index >= 15 is 0 Å². The Kier molecular flexibility index (Phi) is 6.11. The number of aromatic nitrogens is 3. The number of aryl methyl sites for hydroxylation is 1. The molecule has 2 aromatic heterocycles. The van der Waals surface area contributed by atoms with Crippen LogP contribution in [0.4, 0.5) is 0 Å². The van der Waals surface area contributed by atoms with E-state index in [1.807, 2.05) is 38.1 Å². The molecule has 1 atom stereocenters.